The average molecular weight is 186 g/mol. The van der Waals surface area contributed by atoms with Crippen LogP contribution in [0.2, 0.25) is 19.6 Å². The first-order valence-electron chi connectivity index (χ1n) is 2.56. The molecule has 0 aromatic heterocycles. The van der Waals surface area contributed by atoms with Crippen molar-refractivity contribution in [3.05, 3.63) is 0 Å². The third-order valence-electron chi connectivity index (χ3n) is 0.459. The van der Waals surface area contributed by atoms with Gasteiger partial charge in [0.2, 0.25) is 0 Å². The van der Waals surface area contributed by atoms with E-state index in [4.69, 9.17) is 10.7 Å². The molecule has 0 aliphatic carbocycles. The lowest BCUT2D eigenvalue weighted by molar-refractivity contribution is 0.687. The molecular weight excluding hydrogens is 174 g/mol. The van der Waals surface area contributed by atoms with Crippen LogP contribution in [0.5, 0.6) is 0 Å². The minimum Gasteiger partial charge on any atom is -0.256 e. The zero-order valence-corrected chi connectivity index (χ0v) is 8.47. The number of nitrogens with one attached hydrogen (secondary N) is 1. The van der Waals surface area contributed by atoms with Gasteiger partial charge in [-0.25, -0.2) is 4.21 Å². The highest BCUT2D eigenvalue weighted by molar-refractivity contribution is 8.20. The van der Waals surface area contributed by atoms with Gasteiger partial charge in [0.25, 0.3) is 0 Å². The first-order chi connectivity index (χ1) is 3.71. The molecule has 0 saturated carbocycles. The normalized spacial score (nSPS) is 19.1. The van der Waals surface area contributed by atoms with E-state index >= 15 is 0 Å². The van der Waals surface area contributed by atoms with Crippen LogP contribution in [0.3, 0.4) is 0 Å². The molecule has 56 valence electrons. The smallest absolute Gasteiger partial charge is 0.131 e. The highest BCUT2D eigenvalue weighted by Gasteiger charge is 2.15. The fourth-order valence-corrected chi connectivity index (χ4v) is 6.20. The fraction of sp³-hybridized carbons (Fsp3) is 0.750. The van der Waals surface area contributed by atoms with Crippen molar-refractivity contribution in [2.24, 2.45) is 0 Å². The lowest BCUT2D eigenvalue weighted by Crippen LogP contribution is -2.42. The molecular formula is C4H12ClNOSSi. The summed E-state index contributed by atoms with van der Waals surface area (Å²) >= 11 is 0. The number of rotatable bonds is 2. The third-order valence-corrected chi connectivity index (χ3v) is 4.82. The number of hydrogen-bond donors (Lipinski definition) is 1. The van der Waals surface area contributed by atoms with Crippen LogP contribution in [0.4, 0.5) is 0 Å². The second kappa shape index (κ2) is 2.62. The first kappa shape index (κ1) is 9.49. The van der Waals surface area contributed by atoms with Crippen LogP contribution in [-0.2, 0) is 8.92 Å². The Labute approximate surface area is 62.3 Å². The van der Waals surface area contributed by atoms with Crippen molar-refractivity contribution in [2.75, 3.05) is 0 Å². The molecule has 9 heavy (non-hydrogen) atoms. The summed E-state index contributed by atoms with van der Waals surface area (Å²) in [6.07, 6.45) is 0. The van der Waals surface area contributed by atoms with Gasteiger partial charge in [0.1, 0.15) is 17.2 Å². The van der Waals surface area contributed by atoms with Crippen molar-refractivity contribution in [3.63, 3.8) is 0 Å². The van der Waals surface area contributed by atoms with E-state index in [0.717, 1.165) is 0 Å². The maximum atomic E-state index is 10.8. The van der Waals surface area contributed by atoms with E-state index in [9.17, 15) is 4.21 Å². The summed E-state index contributed by atoms with van der Waals surface area (Å²) in [5.41, 5.74) is 0. The van der Waals surface area contributed by atoms with E-state index in [1.165, 1.54) is 0 Å². The van der Waals surface area contributed by atoms with Crippen LogP contribution in [0, 0.1) is 0 Å². The zero-order valence-electron chi connectivity index (χ0n) is 5.90. The fourth-order valence-electron chi connectivity index (χ4n) is 0.457. The van der Waals surface area contributed by atoms with Crippen molar-refractivity contribution in [2.45, 2.75) is 19.6 Å². The summed E-state index contributed by atoms with van der Waals surface area (Å²) in [5.74, 6) is 3.27. The number of hydrogen-bond acceptors (Lipinski definition) is 1. The van der Waals surface area contributed by atoms with Gasteiger partial charge in [0, 0.05) is 0 Å². The van der Waals surface area contributed by atoms with Crippen LogP contribution >= 0.6 is 10.7 Å². The lowest BCUT2D eigenvalue weighted by atomic mass is 11.8. The largest absolute Gasteiger partial charge is 0.256 e. The molecule has 0 saturated heterocycles. The van der Waals surface area contributed by atoms with Gasteiger partial charge in [-0.1, -0.05) is 19.6 Å². The van der Waals surface area contributed by atoms with Crippen LogP contribution in [0.15, 0.2) is 0 Å². The topological polar surface area (TPSA) is 29.1 Å². The Morgan fingerprint density at radius 1 is 1.56 bits per heavy atom. The van der Waals surface area contributed by atoms with Crippen LogP contribution in [0.1, 0.15) is 0 Å². The molecule has 0 aliphatic heterocycles. The molecule has 1 unspecified atom stereocenters. The molecule has 0 aromatic carbocycles. The Morgan fingerprint density at radius 2 is 1.89 bits per heavy atom. The average Bonchev–Trinajstić information content (AvgIpc) is 1.14. The van der Waals surface area contributed by atoms with Gasteiger partial charge in [0.05, 0.1) is 0 Å². The highest BCUT2D eigenvalue weighted by atomic mass is 35.7. The Bertz CT molecular complexity index is 181. The summed E-state index contributed by atoms with van der Waals surface area (Å²) in [7, 11) is 1.35. The first-order valence-corrected chi connectivity index (χ1v) is 8.62. The minimum absolute atomic E-state index is 1.51. The van der Waals surface area contributed by atoms with E-state index in [2.05, 4.69) is 10.3 Å². The number of halogens is 1. The Morgan fingerprint density at radius 3 is 1.89 bits per heavy atom. The monoisotopic (exact) mass is 185 g/mol. The Kier molecular flexibility index (Phi) is 2.76. The summed E-state index contributed by atoms with van der Waals surface area (Å²) in [4.78, 5) is 0. The second-order valence-corrected chi connectivity index (χ2v) is 10.9. The van der Waals surface area contributed by atoms with E-state index in [1.54, 1.807) is 0 Å². The highest BCUT2D eigenvalue weighted by Crippen LogP contribution is 2.00. The van der Waals surface area contributed by atoms with Gasteiger partial charge in [-0.2, -0.15) is 0 Å². The SMILES string of the molecule is C=S(=O)(Cl)N[Si](C)(C)C. The third kappa shape index (κ3) is 8.49. The Balaban J connectivity index is 4.07. The molecule has 2 nitrogen and oxygen atoms in total. The molecule has 0 aromatic rings. The standard InChI is InChI=1S/C4H12ClNOSSi/c1-8(5,7)6-9(2,3)4/h1H2,2-4H3,(H,6,7). The van der Waals surface area contributed by atoms with E-state index in [1.807, 2.05) is 19.6 Å². The molecule has 0 aliphatic rings. The predicted octanol–water partition coefficient (Wildman–Crippen LogP) is 1.20. The van der Waals surface area contributed by atoms with Crippen LogP contribution in [0.25, 0.3) is 0 Å². The van der Waals surface area contributed by atoms with Gasteiger partial charge in [-0.15, -0.1) is 0 Å². The lowest BCUT2D eigenvalue weighted by Gasteiger charge is -2.16. The minimum atomic E-state index is -2.50. The van der Waals surface area contributed by atoms with Crippen molar-refractivity contribution >= 4 is 33.7 Å². The van der Waals surface area contributed by atoms with Gasteiger partial charge in [0.15, 0.2) is 0 Å². The van der Waals surface area contributed by atoms with E-state index in [0.29, 0.717) is 0 Å². The maximum Gasteiger partial charge on any atom is 0.131 e. The summed E-state index contributed by atoms with van der Waals surface area (Å²) in [6, 6.07) is 0. The molecule has 0 heterocycles. The summed E-state index contributed by atoms with van der Waals surface area (Å²) < 4.78 is 13.6. The molecule has 0 radical (unpaired) electrons. The van der Waals surface area contributed by atoms with Crippen molar-refractivity contribution < 1.29 is 4.21 Å². The molecule has 1 atom stereocenters. The van der Waals surface area contributed by atoms with Gasteiger partial charge >= 0.3 is 0 Å². The van der Waals surface area contributed by atoms with Crippen molar-refractivity contribution in [1.29, 1.82) is 0 Å². The van der Waals surface area contributed by atoms with Gasteiger partial charge < -0.3 is 0 Å². The van der Waals surface area contributed by atoms with Gasteiger partial charge in [-0.05, 0) is 16.6 Å². The molecule has 0 fully saturated rings. The summed E-state index contributed by atoms with van der Waals surface area (Å²) in [6.45, 7) is 6.04. The quantitative estimate of drug-likeness (QED) is 0.391. The molecule has 1 N–H and O–H groups in total. The summed E-state index contributed by atoms with van der Waals surface area (Å²) in [5, 5.41) is 0. The molecule has 5 heteroatoms. The zero-order chi connectivity index (χ0) is 7.71. The molecule has 0 amide bonds. The van der Waals surface area contributed by atoms with Crippen molar-refractivity contribution in [3.8, 4) is 0 Å². The molecule has 0 rings (SSSR count). The van der Waals surface area contributed by atoms with Crippen molar-refractivity contribution in [1.82, 2.24) is 4.39 Å². The second-order valence-electron chi connectivity index (χ2n) is 2.95. The van der Waals surface area contributed by atoms with Gasteiger partial charge in [-0.3, -0.25) is 4.39 Å². The maximum absolute atomic E-state index is 10.8. The van der Waals surface area contributed by atoms with E-state index in [-0.39, 0.29) is 0 Å². The molecule has 0 spiro atoms. The predicted molar refractivity (Wildman–Crippen MR) is 47.6 cm³/mol. The Hall–Kier alpha value is 0.487. The van der Waals surface area contributed by atoms with Crippen LogP contribution < -0.4 is 4.39 Å². The molecule has 0 bridgehead atoms. The van der Waals surface area contributed by atoms with Crippen LogP contribution in [-0.4, -0.2) is 18.3 Å². The van der Waals surface area contributed by atoms with E-state index < -0.39 is 17.2 Å².